The molecule has 0 atom stereocenters. The summed E-state index contributed by atoms with van der Waals surface area (Å²) in [5, 5.41) is 9.28. The lowest BCUT2D eigenvalue weighted by molar-refractivity contribution is 1.02. The third-order valence-electron chi connectivity index (χ3n) is 1.13. The summed E-state index contributed by atoms with van der Waals surface area (Å²) in [5.41, 5.74) is 5.69. The SMILES string of the molecule is N#Cc1nccnc1SCCN. The molecule has 0 aliphatic carbocycles. The minimum atomic E-state index is 0.371. The Bertz CT molecular complexity index is 294. The molecule has 0 aliphatic rings. The summed E-state index contributed by atoms with van der Waals surface area (Å²) in [6.07, 6.45) is 3.07. The quantitative estimate of drug-likeness (QED) is 0.681. The van der Waals surface area contributed by atoms with Crippen molar-refractivity contribution in [2.75, 3.05) is 12.3 Å². The molecule has 1 aromatic rings. The molecular weight excluding hydrogens is 172 g/mol. The van der Waals surface area contributed by atoms with E-state index in [1.165, 1.54) is 18.0 Å². The minimum Gasteiger partial charge on any atom is -0.330 e. The van der Waals surface area contributed by atoms with E-state index in [-0.39, 0.29) is 0 Å². The molecule has 0 unspecified atom stereocenters. The molecular formula is C7H8N4S. The first-order valence-corrected chi connectivity index (χ1v) is 4.41. The molecule has 0 radical (unpaired) electrons. The second-order valence-corrected chi connectivity index (χ2v) is 3.04. The van der Waals surface area contributed by atoms with Gasteiger partial charge in [-0.2, -0.15) is 5.26 Å². The number of aromatic nitrogens is 2. The summed E-state index contributed by atoms with van der Waals surface area (Å²) in [5.74, 6) is 0.757. The van der Waals surface area contributed by atoms with Crippen molar-refractivity contribution in [3.63, 3.8) is 0 Å². The van der Waals surface area contributed by atoms with Gasteiger partial charge in [0, 0.05) is 24.7 Å². The highest BCUT2D eigenvalue weighted by Crippen LogP contribution is 2.15. The van der Waals surface area contributed by atoms with E-state index in [4.69, 9.17) is 11.0 Å². The van der Waals surface area contributed by atoms with E-state index >= 15 is 0 Å². The van der Waals surface area contributed by atoms with Gasteiger partial charge in [-0.05, 0) is 0 Å². The number of hydrogen-bond acceptors (Lipinski definition) is 5. The summed E-state index contributed by atoms with van der Waals surface area (Å²) in [6, 6.07) is 1.97. The first kappa shape index (κ1) is 8.97. The van der Waals surface area contributed by atoms with E-state index < -0.39 is 0 Å². The molecule has 0 saturated carbocycles. The number of thioether (sulfide) groups is 1. The number of nitrogens with zero attached hydrogens (tertiary/aromatic N) is 3. The zero-order chi connectivity index (χ0) is 8.81. The van der Waals surface area contributed by atoms with Gasteiger partial charge in [0.15, 0.2) is 5.69 Å². The lowest BCUT2D eigenvalue weighted by Crippen LogP contribution is -2.02. The molecule has 1 rings (SSSR count). The molecule has 5 heteroatoms. The van der Waals surface area contributed by atoms with E-state index in [1.807, 2.05) is 6.07 Å². The van der Waals surface area contributed by atoms with Gasteiger partial charge in [0.25, 0.3) is 0 Å². The van der Waals surface area contributed by atoms with Crippen LogP contribution in [0.5, 0.6) is 0 Å². The fourth-order valence-corrected chi connectivity index (χ4v) is 1.34. The smallest absolute Gasteiger partial charge is 0.172 e. The second kappa shape index (κ2) is 4.70. The molecule has 2 N–H and O–H groups in total. The predicted molar refractivity (Wildman–Crippen MR) is 46.5 cm³/mol. The molecule has 1 heterocycles. The van der Waals surface area contributed by atoms with Crippen molar-refractivity contribution in [3.8, 4) is 6.07 Å². The number of nitrogens with two attached hydrogens (primary N) is 1. The van der Waals surface area contributed by atoms with E-state index in [1.54, 1.807) is 6.20 Å². The van der Waals surface area contributed by atoms with Gasteiger partial charge in [-0.25, -0.2) is 9.97 Å². The summed E-state index contributed by atoms with van der Waals surface area (Å²) in [4.78, 5) is 7.87. The first-order chi connectivity index (χ1) is 5.88. The van der Waals surface area contributed by atoms with Gasteiger partial charge in [0.05, 0.1) is 0 Å². The molecule has 4 nitrogen and oxygen atoms in total. The van der Waals surface area contributed by atoms with Crippen LogP contribution in [0, 0.1) is 11.3 Å². The number of nitriles is 1. The van der Waals surface area contributed by atoms with Gasteiger partial charge in [0.2, 0.25) is 0 Å². The van der Waals surface area contributed by atoms with E-state index in [0.717, 1.165) is 5.75 Å². The van der Waals surface area contributed by atoms with Crippen LogP contribution in [0.3, 0.4) is 0 Å². The Labute approximate surface area is 74.8 Å². The number of rotatable bonds is 3. The Kier molecular flexibility index (Phi) is 3.51. The zero-order valence-corrected chi connectivity index (χ0v) is 7.21. The Hall–Kier alpha value is -1.12. The van der Waals surface area contributed by atoms with Crippen molar-refractivity contribution >= 4 is 11.8 Å². The van der Waals surface area contributed by atoms with Crippen molar-refractivity contribution in [2.45, 2.75) is 5.03 Å². The summed E-state index contributed by atoms with van der Waals surface area (Å²) >= 11 is 1.45. The van der Waals surface area contributed by atoms with Crippen LogP contribution in [0.25, 0.3) is 0 Å². The van der Waals surface area contributed by atoms with Gasteiger partial charge < -0.3 is 5.73 Å². The maximum absolute atomic E-state index is 8.62. The third-order valence-corrected chi connectivity index (χ3v) is 2.14. The largest absolute Gasteiger partial charge is 0.330 e. The van der Waals surface area contributed by atoms with Gasteiger partial charge in [-0.15, -0.1) is 11.8 Å². The molecule has 0 bridgehead atoms. The van der Waals surface area contributed by atoms with Crippen LogP contribution >= 0.6 is 11.8 Å². The standard InChI is InChI=1S/C7H8N4S/c8-1-4-12-7-6(5-9)10-2-3-11-7/h2-3H,1,4,8H2. The van der Waals surface area contributed by atoms with Gasteiger partial charge in [-0.3, -0.25) is 0 Å². The molecule has 0 fully saturated rings. The Morgan fingerprint density at radius 3 is 2.92 bits per heavy atom. The summed E-state index contributed by atoms with van der Waals surface area (Å²) in [7, 11) is 0. The molecule has 1 aromatic heterocycles. The van der Waals surface area contributed by atoms with E-state index in [2.05, 4.69) is 9.97 Å². The highest BCUT2D eigenvalue weighted by Gasteiger charge is 2.02. The van der Waals surface area contributed by atoms with Gasteiger partial charge >= 0.3 is 0 Å². The molecule has 0 amide bonds. The van der Waals surface area contributed by atoms with Crippen LogP contribution in [0.4, 0.5) is 0 Å². The topological polar surface area (TPSA) is 75.6 Å². The Morgan fingerprint density at radius 1 is 1.50 bits per heavy atom. The molecule has 0 saturated heterocycles. The Balaban J connectivity index is 2.77. The normalized spacial score (nSPS) is 9.33. The molecule has 62 valence electrons. The molecule has 12 heavy (non-hydrogen) atoms. The minimum absolute atomic E-state index is 0.371. The van der Waals surface area contributed by atoms with Crippen molar-refractivity contribution in [1.29, 1.82) is 5.26 Å². The first-order valence-electron chi connectivity index (χ1n) is 3.42. The van der Waals surface area contributed by atoms with Crippen LogP contribution in [0.2, 0.25) is 0 Å². The monoisotopic (exact) mass is 180 g/mol. The van der Waals surface area contributed by atoms with Crippen LogP contribution in [-0.4, -0.2) is 22.3 Å². The maximum Gasteiger partial charge on any atom is 0.172 e. The van der Waals surface area contributed by atoms with Crippen molar-refractivity contribution in [1.82, 2.24) is 9.97 Å². The number of hydrogen-bond donors (Lipinski definition) is 1. The van der Waals surface area contributed by atoms with Crippen LogP contribution in [0.1, 0.15) is 5.69 Å². The van der Waals surface area contributed by atoms with E-state index in [0.29, 0.717) is 17.3 Å². The molecule has 0 aromatic carbocycles. The third kappa shape index (κ3) is 2.19. The molecule has 0 spiro atoms. The van der Waals surface area contributed by atoms with Crippen molar-refractivity contribution in [2.24, 2.45) is 5.73 Å². The second-order valence-electron chi connectivity index (χ2n) is 1.96. The summed E-state index contributed by atoms with van der Waals surface area (Å²) < 4.78 is 0. The lowest BCUT2D eigenvalue weighted by atomic mass is 10.5. The lowest BCUT2D eigenvalue weighted by Gasteiger charge is -1.98. The average molecular weight is 180 g/mol. The van der Waals surface area contributed by atoms with Crippen LogP contribution < -0.4 is 5.73 Å². The zero-order valence-electron chi connectivity index (χ0n) is 6.40. The van der Waals surface area contributed by atoms with Crippen LogP contribution in [0.15, 0.2) is 17.4 Å². The fourth-order valence-electron chi connectivity index (χ4n) is 0.663. The van der Waals surface area contributed by atoms with Gasteiger partial charge in [0.1, 0.15) is 11.1 Å². The van der Waals surface area contributed by atoms with Crippen molar-refractivity contribution in [3.05, 3.63) is 18.1 Å². The fraction of sp³-hybridized carbons (Fsp3) is 0.286. The van der Waals surface area contributed by atoms with Crippen molar-refractivity contribution < 1.29 is 0 Å². The van der Waals surface area contributed by atoms with Gasteiger partial charge in [-0.1, -0.05) is 0 Å². The summed E-state index contributed by atoms with van der Waals surface area (Å²) in [6.45, 7) is 0.576. The average Bonchev–Trinajstić information content (AvgIpc) is 2.15. The maximum atomic E-state index is 8.62. The van der Waals surface area contributed by atoms with E-state index in [9.17, 15) is 0 Å². The predicted octanol–water partition coefficient (Wildman–Crippen LogP) is 0.399. The molecule has 0 aliphatic heterocycles. The highest BCUT2D eigenvalue weighted by atomic mass is 32.2. The van der Waals surface area contributed by atoms with Crippen LogP contribution in [-0.2, 0) is 0 Å². The highest BCUT2D eigenvalue weighted by molar-refractivity contribution is 7.99. The Morgan fingerprint density at radius 2 is 2.25 bits per heavy atom.